The first-order valence-corrected chi connectivity index (χ1v) is 12.5. The lowest BCUT2D eigenvalue weighted by Crippen LogP contribution is -2.48. The Hall–Kier alpha value is -2.45. The van der Waals surface area contributed by atoms with Crippen molar-refractivity contribution in [1.29, 1.82) is 0 Å². The highest BCUT2D eigenvalue weighted by Gasteiger charge is 2.25. The number of carbonyl (C=O) groups is 1. The third-order valence-electron chi connectivity index (χ3n) is 5.47. The molecule has 0 atom stereocenters. The number of hydrogen-bond acceptors (Lipinski definition) is 6. The van der Waals surface area contributed by atoms with E-state index in [4.69, 9.17) is 4.98 Å². The molecule has 2 aromatic carbocycles. The Kier molecular flexibility index (Phi) is 5.55. The highest BCUT2D eigenvalue weighted by atomic mass is 32.2. The maximum absolute atomic E-state index is 12.9. The van der Waals surface area contributed by atoms with Gasteiger partial charge in [0, 0.05) is 31.7 Å². The number of sulfone groups is 1. The van der Waals surface area contributed by atoms with Gasteiger partial charge in [0.05, 0.1) is 20.9 Å². The lowest BCUT2D eigenvalue weighted by atomic mass is 10.1. The molecule has 8 heteroatoms. The number of amides is 1. The van der Waals surface area contributed by atoms with E-state index >= 15 is 0 Å². The van der Waals surface area contributed by atoms with Gasteiger partial charge in [-0.05, 0) is 49.2 Å². The Morgan fingerprint density at radius 1 is 1.10 bits per heavy atom. The standard InChI is InChI=1S/C22H25N3O3S2/c1-4-30(27,28)18-7-5-6-17(14-18)21(26)24-8-10-25(11-9-24)22-23-19-13-15(2)12-16(3)20(19)29-22/h5-7,12-14H,4,8-11H2,1-3H3. The van der Waals surface area contributed by atoms with Crippen LogP contribution in [0, 0.1) is 13.8 Å². The number of hydrogen-bond donors (Lipinski definition) is 0. The van der Waals surface area contributed by atoms with Crippen LogP contribution in [0.25, 0.3) is 10.2 Å². The molecule has 0 aliphatic carbocycles. The molecule has 0 saturated carbocycles. The number of nitrogens with zero attached hydrogens (tertiary/aromatic N) is 3. The summed E-state index contributed by atoms with van der Waals surface area (Å²) in [4.78, 5) is 22.0. The van der Waals surface area contributed by atoms with E-state index in [1.54, 1.807) is 41.4 Å². The summed E-state index contributed by atoms with van der Waals surface area (Å²) in [7, 11) is -3.34. The molecule has 1 amide bonds. The second-order valence-corrected chi connectivity index (χ2v) is 10.9. The molecule has 0 radical (unpaired) electrons. The van der Waals surface area contributed by atoms with Gasteiger partial charge in [0.1, 0.15) is 0 Å². The van der Waals surface area contributed by atoms with Crippen LogP contribution in [0.4, 0.5) is 5.13 Å². The van der Waals surface area contributed by atoms with Crippen LogP contribution in [-0.2, 0) is 9.84 Å². The molecule has 6 nitrogen and oxygen atoms in total. The summed E-state index contributed by atoms with van der Waals surface area (Å²) in [5, 5.41) is 0.988. The van der Waals surface area contributed by atoms with Crippen LogP contribution in [0.15, 0.2) is 41.3 Å². The minimum absolute atomic E-state index is 0.0183. The van der Waals surface area contributed by atoms with Crippen LogP contribution in [0.5, 0.6) is 0 Å². The van der Waals surface area contributed by atoms with Crippen molar-refractivity contribution < 1.29 is 13.2 Å². The van der Waals surface area contributed by atoms with Gasteiger partial charge in [-0.1, -0.05) is 30.4 Å². The quantitative estimate of drug-likeness (QED) is 0.615. The maximum Gasteiger partial charge on any atom is 0.254 e. The van der Waals surface area contributed by atoms with E-state index in [1.165, 1.54) is 21.9 Å². The van der Waals surface area contributed by atoms with Crippen LogP contribution in [0.3, 0.4) is 0 Å². The number of anilines is 1. The van der Waals surface area contributed by atoms with E-state index in [9.17, 15) is 13.2 Å². The second-order valence-electron chi connectivity index (χ2n) is 7.64. The van der Waals surface area contributed by atoms with Gasteiger partial charge in [-0.25, -0.2) is 13.4 Å². The number of carbonyl (C=O) groups excluding carboxylic acids is 1. The number of aryl methyl sites for hydroxylation is 2. The van der Waals surface area contributed by atoms with E-state index in [0.29, 0.717) is 31.7 Å². The maximum atomic E-state index is 12.9. The Bertz CT molecular complexity index is 1210. The summed E-state index contributed by atoms with van der Waals surface area (Å²) >= 11 is 1.70. The van der Waals surface area contributed by atoms with Crippen LogP contribution >= 0.6 is 11.3 Å². The number of fused-ring (bicyclic) bond motifs is 1. The van der Waals surface area contributed by atoms with Crippen molar-refractivity contribution in [3.05, 3.63) is 53.1 Å². The molecular weight excluding hydrogens is 418 g/mol. The van der Waals surface area contributed by atoms with Crippen molar-refractivity contribution in [2.24, 2.45) is 0 Å². The normalized spacial score (nSPS) is 15.0. The molecule has 2 heterocycles. The summed E-state index contributed by atoms with van der Waals surface area (Å²) < 4.78 is 25.5. The topological polar surface area (TPSA) is 70.6 Å². The fraction of sp³-hybridized carbons (Fsp3) is 0.364. The van der Waals surface area contributed by atoms with Gasteiger partial charge in [-0.3, -0.25) is 4.79 Å². The van der Waals surface area contributed by atoms with E-state index < -0.39 is 9.84 Å². The van der Waals surface area contributed by atoms with Gasteiger partial charge in [0.2, 0.25) is 0 Å². The zero-order valence-electron chi connectivity index (χ0n) is 17.4. The SMILES string of the molecule is CCS(=O)(=O)c1cccc(C(=O)N2CCN(c3nc4cc(C)cc(C)c4s3)CC2)c1. The van der Waals surface area contributed by atoms with Crippen molar-refractivity contribution in [1.82, 2.24) is 9.88 Å². The van der Waals surface area contributed by atoms with E-state index in [2.05, 4.69) is 30.9 Å². The third-order valence-corrected chi connectivity index (χ3v) is 8.47. The molecule has 0 spiro atoms. The number of rotatable bonds is 4. The molecule has 30 heavy (non-hydrogen) atoms. The first-order chi connectivity index (χ1) is 14.3. The van der Waals surface area contributed by atoms with Gasteiger partial charge in [-0.15, -0.1) is 0 Å². The molecule has 1 aliphatic heterocycles. The van der Waals surface area contributed by atoms with Gasteiger partial charge in [0.25, 0.3) is 5.91 Å². The predicted octanol–water partition coefficient (Wildman–Crippen LogP) is 3.67. The van der Waals surface area contributed by atoms with Crippen LogP contribution < -0.4 is 4.90 Å². The molecule has 1 fully saturated rings. The number of thiazole rings is 1. The van der Waals surface area contributed by atoms with Crippen LogP contribution in [-0.4, -0.2) is 56.1 Å². The Morgan fingerprint density at radius 2 is 1.83 bits per heavy atom. The lowest BCUT2D eigenvalue weighted by molar-refractivity contribution is 0.0746. The largest absolute Gasteiger partial charge is 0.345 e. The molecule has 158 valence electrons. The molecule has 4 rings (SSSR count). The summed E-state index contributed by atoms with van der Waals surface area (Å²) in [6.07, 6.45) is 0. The highest BCUT2D eigenvalue weighted by Crippen LogP contribution is 2.32. The minimum atomic E-state index is -3.34. The summed E-state index contributed by atoms with van der Waals surface area (Å²) in [6.45, 7) is 8.37. The molecule has 0 unspecified atom stereocenters. The van der Waals surface area contributed by atoms with Crippen molar-refractivity contribution in [2.75, 3.05) is 36.8 Å². The Balaban J connectivity index is 1.48. The Morgan fingerprint density at radius 3 is 2.53 bits per heavy atom. The van der Waals surface area contributed by atoms with Gasteiger partial charge in [-0.2, -0.15) is 0 Å². The molecule has 1 saturated heterocycles. The van der Waals surface area contributed by atoms with Crippen molar-refractivity contribution in [3.8, 4) is 0 Å². The molecule has 1 aromatic heterocycles. The van der Waals surface area contributed by atoms with Gasteiger partial charge in [0.15, 0.2) is 15.0 Å². The zero-order chi connectivity index (χ0) is 21.5. The Labute approximate surface area is 181 Å². The summed E-state index contributed by atoms with van der Waals surface area (Å²) in [5.41, 5.74) is 3.90. The number of piperazine rings is 1. The zero-order valence-corrected chi connectivity index (χ0v) is 19.0. The summed E-state index contributed by atoms with van der Waals surface area (Å²) in [5.74, 6) is -0.108. The fourth-order valence-corrected chi connectivity index (χ4v) is 5.77. The first kappa shape index (κ1) is 20.8. The van der Waals surface area contributed by atoms with E-state index in [1.807, 2.05) is 0 Å². The van der Waals surface area contributed by atoms with Crippen LogP contribution in [0.2, 0.25) is 0 Å². The molecule has 1 aliphatic rings. The molecule has 0 bridgehead atoms. The van der Waals surface area contributed by atoms with Crippen LogP contribution in [0.1, 0.15) is 28.4 Å². The van der Waals surface area contributed by atoms with Crippen molar-refractivity contribution in [3.63, 3.8) is 0 Å². The van der Waals surface area contributed by atoms with E-state index in [-0.39, 0.29) is 16.6 Å². The molecule has 0 N–H and O–H groups in total. The second kappa shape index (κ2) is 8.00. The van der Waals surface area contributed by atoms with Gasteiger partial charge >= 0.3 is 0 Å². The summed E-state index contributed by atoms with van der Waals surface area (Å²) in [6, 6.07) is 10.6. The molecule has 3 aromatic rings. The monoisotopic (exact) mass is 443 g/mol. The fourth-order valence-electron chi connectivity index (χ4n) is 3.77. The van der Waals surface area contributed by atoms with E-state index in [0.717, 1.165) is 10.6 Å². The van der Waals surface area contributed by atoms with Crippen molar-refractivity contribution in [2.45, 2.75) is 25.7 Å². The average molecular weight is 444 g/mol. The number of aromatic nitrogens is 1. The predicted molar refractivity (Wildman–Crippen MR) is 121 cm³/mol. The lowest BCUT2D eigenvalue weighted by Gasteiger charge is -2.34. The van der Waals surface area contributed by atoms with Crippen molar-refractivity contribution >= 4 is 42.4 Å². The highest BCUT2D eigenvalue weighted by molar-refractivity contribution is 7.91. The number of benzene rings is 2. The smallest absolute Gasteiger partial charge is 0.254 e. The third kappa shape index (κ3) is 3.94. The molecular formula is C22H25N3O3S2. The van der Waals surface area contributed by atoms with Gasteiger partial charge < -0.3 is 9.80 Å². The minimum Gasteiger partial charge on any atom is -0.345 e. The average Bonchev–Trinajstić information content (AvgIpc) is 3.18. The first-order valence-electron chi connectivity index (χ1n) is 10.0.